The van der Waals surface area contributed by atoms with E-state index in [-0.39, 0.29) is 11.9 Å². The molecule has 0 radical (unpaired) electrons. The summed E-state index contributed by atoms with van der Waals surface area (Å²) in [5.41, 5.74) is 2.84. The summed E-state index contributed by atoms with van der Waals surface area (Å²) >= 11 is 0. The van der Waals surface area contributed by atoms with Gasteiger partial charge in [-0.25, -0.2) is 0 Å². The van der Waals surface area contributed by atoms with E-state index in [9.17, 15) is 4.79 Å². The van der Waals surface area contributed by atoms with Crippen molar-refractivity contribution in [1.29, 1.82) is 0 Å². The lowest BCUT2D eigenvalue weighted by Gasteiger charge is -2.11. The van der Waals surface area contributed by atoms with Crippen molar-refractivity contribution in [3.8, 4) is 11.3 Å². The van der Waals surface area contributed by atoms with Gasteiger partial charge < -0.3 is 10.6 Å². The molecule has 0 bridgehead atoms. The van der Waals surface area contributed by atoms with Crippen LogP contribution in [0.3, 0.4) is 0 Å². The SMILES string of the molecule is O=C(Nc1ccc(-c2ccn[nH]2)cc1)[C@H]1CCCN1. The normalized spacial score (nSPS) is 18.4. The van der Waals surface area contributed by atoms with E-state index in [1.54, 1.807) is 6.20 Å². The van der Waals surface area contributed by atoms with Gasteiger partial charge in [0.05, 0.1) is 11.7 Å². The first kappa shape index (κ1) is 11.9. The van der Waals surface area contributed by atoms with Crippen LogP contribution in [0.2, 0.25) is 0 Å². The number of hydrogen-bond acceptors (Lipinski definition) is 3. The number of rotatable bonds is 3. The molecule has 3 N–H and O–H groups in total. The van der Waals surface area contributed by atoms with E-state index in [2.05, 4.69) is 20.8 Å². The van der Waals surface area contributed by atoms with Crippen molar-refractivity contribution in [1.82, 2.24) is 15.5 Å². The van der Waals surface area contributed by atoms with Crippen molar-refractivity contribution in [2.75, 3.05) is 11.9 Å². The minimum absolute atomic E-state index is 0.0480. The van der Waals surface area contributed by atoms with Gasteiger partial charge in [0.15, 0.2) is 0 Å². The third-order valence-electron chi connectivity index (χ3n) is 3.34. The summed E-state index contributed by atoms with van der Waals surface area (Å²) < 4.78 is 0. The first-order valence-corrected chi connectivity index (χ1v) is 6.47. The van der Waals surface area contributed by atoms with E-state index < -0.39 is 0 Å². The molecule has 0 unspecified atom stereocenters. The molecule has 98 valence electrons. The fraction of sp³-hybridized carbons (Fsp3) is 0.286. The third-order valence-corrected chi connectivity index (χ3v) is 3.34. The van der Waals surface area contributed by atoms with Crippen molar-refractivity contribution in [2.24, 2.45) is 0 Å². The average molecular weight is 256 g/mol. The van der Waals surface area contributed by atoms with Gasteiger partial charge >= 0.3 is 0 Å². The smallest absolute Gasteiger partial charge is 0.241 e. The van der Waals surface area contributed by atoms with E-state index in [0.29, 0.717) is 0 Å². The van der Waals surface area contributed by atoms with E-state index in [0.717, 1.165) is 36.3 Å². The molecule has 2 aromatic rings. The Balaban J connectivity index is 1.67. The molecule has 1 aliphatic heterocycles. The quantitative estimate of drug-likeness (QED) is 0.783. The molecule has 1 aliphatic rings. The summed E-state index contributed by atoms with van der Waals surface area (Å²) in [7, 11) is 0. The van der Waals surface area contributed by atoms with Crippen LogP contribution in [-0.2, 0) is 4.79 Å². The van der Waals surface area contributed by atoms with Crippen molar-refractivity contribution >= 4 is 11.6 Å². The largest absolute Gasteiger partial charge is 0.325 e. The number of nitrogens with one attached hydrogen (secondary N) is 3. The maximum Gasteiger partial charge on any atom is 0.241 e. The van der Waals surface area contributed by atoms with Crippen LogP contribution in [-0.4, -0.2) is 28.7 Å². The van der Waals surface area contributed by atoms with Crippen molar-refractivity contribution in [3.05, 3.63) is 36.5 Å². The highest BCUT2D eigenvalue weighted by atomic mass is 16.2. The number of amides is 1. The van der Waals surface area contributed by atoms with Crippen LogP contribution < -0.4 is 10.6 Å². The number of hydrogen-bond donors (Lipinski definition) is 3. The summed E-state index contributed by atoms with van der Waals surface area (Å²) in [4.78, 5) is 11.9. The molecule has 1 amide bonds. The summed E-state index contributed by atoms with van der Waals surface area (Å²) in [6.45, 7) is 0.927. The molecule has 0 spiro atoms. The van der Waals surface area contributed by atoms with Crippen LogP contribution in [0, 0.1) is 0 Å². The first-order valence-electron chi connectivity index (χ1n) is 6.47. The van der Waals surface area contributed by atoms with E-state index >= 15 is 0 Å². The average Bonchev–Trinajstić information content (AvgIpc) is 3.13. The van der Waals surface area contributed by atoms with E-state index in [1.165, 1.54) is 0 Å². The highest BCUT2D eigenvalue weighted by molar-refractivity contribution is 5.95. The lowest BCUT2D eigenvalue weighted by atomic mass is 10.1. The minimum Gasteiger partial charge on any atom is -0.325 e. The van der Waals surface area contributed by atoms with Crippen LogP contribution >= 0.6 is 0 Å². The van der Waals surface area contributed by atoms with Crippen molar-refractivity contribution in [3.63, 3.8) is 0 Å². The Bertz CT molecular complexity index is 541. The topological polar surface area (TPSA) is 69.8 Å². The molecule has 1 atom stereocenters. The highest BCUT2D eigenvalue weighted by Crippen LogP contribution is 2.19. The highest BCUT2D eigenvalue weighted by Gasteiger charge is 2.21. The Labute approximate surface area is 111 Å². The monoisotopic (exact) mass is 256 g/mol. The van der Waals surface area contributed by atoms with Gasteiger partial charge in [-0.3, -0.25) is 9.89 Å². The van der Waals surface area contributed by atoms with Gasteiger partial charge in [0.1, 0.15) is 0 Å². The van der Waals surface area contributed by atoms with Gasteiger partial charge in [0.25, 0.3) is 0 Å². The van der Waals surface area contributed by atoms with Crippen LogP contribution in [0.25, 0.3) is 11.3 Å². The fourth-order valence-corrected chi connectivity index (χ4v) is 2.29. The molecular weight excluding hydrogens is 240 g/mol. The maximum atomic E-state index is 11.9. The van der Waals surface area contributed by atoms with E-state index in [4.69, 9.17) is 0 Å². The Morgan fingerprint density at radius 2 is 2.11 bits per heavy atom. The molecule has 1 aromatic carbocycles. The standard InChI is InChI=1S/C14H16N4O/c19-14(13-2-1-8-15-13)17-11-5-3-10(4-6-11)12-7-9-16-18-12/h3-7,9,13,15H,1-2,8H2,(H,16,18)(H,17,19)/t13-/m1/s1. The first-order chi connectivity index (χ1) is 9.33. The number of H-pyrrole nitrogens is 1. The second-order valence-corrected chi connectivity index (χ2v) is 4.69. The number of aromatic amines is 1. The molecule has 19 heavy (non-hydrogen) atoms. The van der Waals surface area contributed by atoms with Crippen LogP contribution in [0.5, 0.6) is 0 Å². The molecule has 1 aromatic heterocycles. The molecule has 5 heteroatoms. The Morgan fingerprint density at radius 1 is 1.26 bits per heavy atom. The Morgan fingerprint density at radius 3 is 2.74 bits per heavy atom. The fourth-order valence-electron chi connectivity index (χ4n) is 2.29. The number of anilines is 1. The number of carbonyl (C=O) groups excluding carboxylic acids is 1. The Kier molecular flexibility index (Phi) is 3.29. The van der Waals surface area contributed by atoms with E-state index in [1.807, 2.05) is 30.3 Å². The molecule has 0 saturated carbocycles. The van der Waals surface area contributed by atoms with Gasteiger partial charge in [-0.1, -0.05) is 12.1 Å². The molecule has 5 nitrogen and oxygen atoms in total. The second-order valence-electron chi connectivity index (χ2n) is 4.69. The lowest BCUT2D eigenvalue weighted by molar-refractivity contribution is -0.117. The van der Waals surface area contributed by atoms with Crippen molar-refractivity contribution in [2.45, 2.75) is 18.9 Å². The number of nitrogens with zero attached hydrogens (tertiary/aromatic N) is 1. The van der Waals surface area contributed by atoms with Crippen LogP contribution in [0.1, 0.15) is 12.8 Å². The van der Waals surface area contributed by atoms with Gasteiger partial charge in [-0.15, -0.1) is 0 Å². The summed E-state index contributed by atoms with van der Waals surface area (Å²) in [6.07, 6.45) is 3.70. The van der Waals surface area contributed by atoms with Gasteiger partial charge in [0.2, 0.25) is 5.91 Å². The zero-order valence-electron chi connectivity index (χ0n) is 10.5. The number of aromatic nitrogens is 2. The summed E-state index contributed by atoms with van der Waals surface area (Å²) in [5, 5.41) is 12.9. The summed E-state index contributed by atoms with van der Waals surface area (Å²) in [6, 6.07) is 9.60. The van der Waals surface area contributed by atoms with Gasteiger partial charge in [0, 0.05) is 11.9 Å². The maximum absolute atomic E-state index is 11.9. The minimum atomic E-state index is -0.0488. The zero-order chi connectivity index (χ0) is 13.1. The lowest BCUT2D eigenvalue weighted by Crippen LogP contribution is -2.35. The molecule has 1 fully saturated rings. The number of carbonyl (C=O) groups is 1. The van der Waals surface area contributed by atoms with Crippen LogP contribution in [0.4, 0.5) is 5.69 Å². The van der Waals surface area contributed by atoms with Gasteiger partial charge in [-0.2, -0.15) is 5.10 Å². The predicted molar refractivity (Wildman–Crippen MR) is 73.7 cm³/mol. The zero-order valence-corrected chi connectivity index (χ0v) is 10.5. The molecule has 1 saturated heterocycles. The molecule has 3 rings (SSSR count). The Hall–Kier alpha value is -2.14. The predicted octanol–water partition coefficient (Wildman–Crippen LogP) is 1.77. The number of benzene rings is 1. The van der Waals surface area contributed by atoms with Crippen molar-refractivity contribution < 1.29 is 4.79 Å². The summed E-state index contributed by atoms with van der Waals surface area (Å²) in [5.74, 6) is 0.0480. The van der Waals surface area contributed by atoms with Gasteiger partial charge in [-0.05, 0) is 43.1 Å². The molecule has 2 heterocycles. The third kappa shape index (κ3) is 2.66. The van der Waals surface area contributed by atoms with Crippen LogP contribution in [0.15, 0.2) is 36.5 Å². The second kappa shape index (κ2) is 5.24. The molecule has 0 aliphatic carbocycles. The molecular formula is C14H16N4O.